The van der Waals surface area contributed by atoms with Crippen LogP contribution in [0.15, 0.2) is 47.6 Å². The molecule has 0 N–H and O–H groups in total. The zero-order chi connectivity index (χ0) is 17.7. The lowest BCUT2D eigenvalue weighted by molar-refractivity contribution is 0.663. The minimum atomic E-state index is 0. The molecule has 136 valence electrons. The van der Waals surface area contributed by atoms with Crippen LogP contribution in [0.25, 0.3) is 17.1 Å². The molecule has 0 spiro atoms. The summed E-state index contributed by atoms with van der Waals surface area (Å²) in [5.74, 6) is 1.58. The highest BCUT2D eigenvalue weighted by Crippen LogP contribution is 2.33. The van der Waals surface area contributed by atoms with E-state index in [2.05, 4.69) is 47.6 Å². The van der Waals surface area contributed by atoms with Crippen LogP contribution in [0.1, 0.15) is 22.9 Å². The van der Waals surface area contributed by atoms with Gasteiger partial charge in [-0.15, -0.1) is 12.4 Å². The molecule has 4 heterocycles. The third-order valence-electron chi connectivity index (χ3n) is 4.51. The van der Waals surface area contributed by atoms with Crippen LogP contribution >= 0.6 is 28.3 Å². The molecule has 9 heteroatoms. The van der Waals surface area contributed by atoms with Gasteiger partial charge in [-0.3, -0.25) is 9.97 Å². The Balaban J connectivity index is 0.00000180. The highest BCUT2D eigenvalue weighted by Gasteiger charge is 2.24. The van der Waals surface area contributed by atoms with E-state index < -0.39 is 0 Å². The summed E-state index contributed by atoms with van der Waals surface area (Å²) < 4.78 is 5.07. The van der Waals surface area contributed by atoms with Gasteiger partial charge in [-0.1, -0.05) is 15.9 Å². The van der Waals surface area contributed by atoms with Gasteiger partial charge in [-0.25, -0.2) is 14.6 Å². The van der Waals surface area contributed by atoms with Gasteiger partial charge in [-0.2, -0.15) is 5.10 Å². The van der Waals surface area contributed by atoms with Crippen molar-refractivity contribution >= 4 is 28.3 Å². The Bertz CT molecular complexity index is 1120. The molecule has 0 bridgehead atoms. The quantitative estimate of drug-likeness (QED) is 0.417. The number of hydrogen-bond donors (Lipinski definition) is 0. The molecule has 1 aliphatic heterocycles. The van der Waals surface area contributed by atoms with Crippen molar-refractivity contribution in [3.8, 4) is 17.1 Å². The second kappa shape index (κ2) is 6.86. The first-order chi connectivity index (χ1) is 12.7. The molecule has 1 aromatic carbocycles. The summed E-state index contributed by atoms with van der Waals surface area (Å²) in [6.45, 7) is 2.65. The van der Waals surface area contributed by atoms with Crippen LogP contribution in [0.3, 0.4) is 0 Å². The van der Waals surface area contributed by atoms with Gasteiger partial charge in [0.25, 0.3) is 0 Å². The molecule has 0 radical (unpaired) electrons. The Morgan fingerprint density at radius 2 is 2.07 bits per heavy atom. The summed E-state index contributed by atoms with van der Waals surface area (Å²) in [7, 11) is 0. The second-order valence-corrected chi connectivity index (χ2v) is 7.11. The smallest absolute Gasteiger partial charge is 0.160 e. The zero-order valence-corrected chi connectivity index (χ0v) is 16.8. The number of benzene rings is 1. The van der Waals surface area contributed by atoms with E-state index in [4.69, 9.17) is 10.1 Å². The Kier molecular flexibility index (Phi) is 4.53. The van der Waals surface area contributed by atoms with Crippen molar-refractivity contribution in [2.75, 3.05) is 0 Å². The van der Waals surface area contributed by atoms with Crippen LogP contribution in [0, 0.1) is 6.92 Å². The lowest BCUT2D eigenvalue weighted by Gasteiger charge is -2.08. The van der Waals surface area contributed by atoms with Gasteiger partial charge in [0.15, 0.2) is 11.6 Å². The molecule has 7 nitrogen and oxygen atoms in total. The third-order valence-corrected chi connectivity index (χ3v) is 5.00. The van der Waals surface area contributed by atoms with E-state index in [1.807, 2.05) is 24.0 Å². The van der Waals surface area contributed by atoms with Crippen molar-refractivity contribution in [1.29, 1.82) is 0 Å². The molecule has 0 unspecified atom stereocenters. The van der Waals surface area contributed by atoms with Gasteiger partial charge < -0.3 is 4.57 Å². The fourth-order valence-corrected chi connectivity index (χ4v) is 3.62. The van der Waals surface area contributed by atoms with Crippen molar-refractivity contribution in [1.82, 2.24) is 34.3 Å². The van der Waals surface area contributed by atoms with Gasteiger partial charge in [0, 0.05) is 28.6 Å². The summed E-state index contributed by atoms with van der Waals surface area (Å²) in [5.41, 5.74) is 5.04. The van der Waals surface area contributed by atoms with Crippen LogP contribution in [-0.4, -0.2) is 34.3 Å². The Labute approximate surface area is 170 Å². The number of aryl methyl sites for hydroxylation is 1. The van der Waals surface area contributed by atoms with Gasteiger partial charge in [-0.05, 0) is 25.1 Å². The summed E-state index contributed by atoms with van der Waals surface area (Å²) in [4.78, 5) is 17.7. The number of hydrogen-bond acceptors (Lipinski definition) is 5. The Morgan fingerprint density at radius 3 is 2.89 bits per heavy atom. The molecule has 27 heavy (non-hydrogen) atoms. The SMILES string of the molecule is Cc1ncn2c1Cn1nc(Cc3cnccn3)nc1-c1cc(Br)ccc1-2.Cl. The van der Waals surface area contributed by atoms with Crippen molar-refractivity contribution in [3.05, 3.63) is 70.5 Å². The van der Waals surface area contributed by atoms with Gasteiger partial charge in [0.05, 0.1) is 42.1 Å². The van der Waals surface area contributed by atoms with Crippen molar-refractivity contribution < 1.29 is 0 Å². The largest absolute Gasteiger partial charge is 0.300 e. The van der Waals surface area contributed by atoms with Crippen LogP contribution in [0.4, 0.5) is 0 Å². The number of rotatable bonds is 2. The lowest BCUT2D eigenvalue weighted by Crippen LogP contribution is -2.06. The number of halogens is 2. The summed E-state index contributed by atoms with van der Waals surface area (Å²) in [5, 5.41) is 4.74. The van der Waals surface area contributed by atoms with Gasteiger partial charge in [0.1, 0.15) is 0 Å². The number of nitrogens with zero attached hydrogens (tertiary/aromatic N) is 7. The van der Waals surface area contributed by atoms with E-state index in [0.717, 1.165) is 44.5 Å². The van der Waals surface area contributed by atoms with Crippen molar-refractivity contribution in [2.45, 2.75) is 19.9 Å². The fraction of sp³-hybridized carbons (Fsp3) is 0.167. The van der Waals surface area contributed by atoms with Crippen molar-refractivity contribution in [2.24, 2.45) is 0 Å². The summed E-state index contributed by atoms with van der Waals surface area (Å²) in [6, 6.07) is 6.19. The fourth-order valence-electron chi connectivity index (χ4n) is 3.26. The topological polar surface area (TPSA) is 74.3 Å². The third kappa shape index (κ3) is 3.04. The molecule has 0 fully saturated rings. The van der Waals surface area contributed by atoms with E-state index in [-0.39, 0.29) is 12.4 Å². The van der Waals surface area contributed by atoms with E-state index in [1.54, 1.807) is 18.6 Å². The molecule has 0 saturated heterocycles. The van der Waals surface area contributed by atoms with Crippen molar-refractivity contribution in [3.63, 3.8) is 0 Å². The molecule has 3 aromatic heterocycles. The predicted molar refractivity (Wildman–Crippen MR) is 106 cm³/mol. The lowest BCUT2D eigenvalue weighted by atomic mass is 10.1. The van der Waals surface area contributed by atoms with Crippen LogP contribution in [-0.2, 0) is 13.0 Å². The minimum absolute atomic E-state index is 0. The maximum Gasteiger partial charge on any atom is 0.160 e. The normalized spacial score (nSPS) is 11.8. The molecule has 0 amide bonds. The molecular weight excluding hydrogens is 430 g/mol. The number of imidazole rings is 1. The standard InChI is InChI=1S/C18H14BrN7.ClH/c1-11-16-9-26-18(23-17(24-26)7-13-8-20-4-5-21-13)14-6-12(19)2-3-15(14)25(16)10-22-11;/h2-6,8,10H,7,9H2,1H3;1H. The van der Waals surface area contributed by atoms with E-state index in [1.165, 1.54) is 0 Å². The maximum atomic E-state index is 4.81. The van der Waals surface area contributed by atoms with E-state index in [9.17, 15) is 0 Å². The zero-order valence-electron chi connectivity index (χ0n) is 14.4. The highest BCUT2D eigenvalue weighted by molar-refractivity contribution is 9.10. The average Bonchev–Trinajstić information content (AvgIpc) is 3.17. The number of fused-ring (bicyclic) bond motifs is 5. The molecule has 0 aliphatic carbocycles. The summed E-state index contributed by atoms with van der Waals surface area (Å²) in [6.07, 6.45) is 7.51. The molecule has 0 atom stereocenters. The number of aromatic nitrogens is 7. The Morgan fingerprint density at radius 1 is 1.19 bits per heavy atom. The van der Waals surface area contributed by atoms with Crippen LogP contribution < -0.4 is 0 Å². The second-order valence-electron chi connectivity index (χ2n) is 6.19. The van der Waals surface area contributed by atoms with E-state index in [0.29, 0.717) is 13.0 Å². The minimum Gasteiger partial charge on any atom is -0.300 e. The first kappa shape index (κ1) is 17.8. The van der Waals surface area contributed by atoms with Gasteiger partial charge >= 0.3 is 0 Å². The molecular formula is C18H15BrClN7. The van der Waals surface area contributed by atoms with Crippen LogP contribution in [0.2, 0.25) is 0 Å². The molecule has 5 rings (SSSR count). The Hall–Kier alpha value is -2.58. The average molecular weight is 445 g/mol. The first-order valence-corrected chi connectivity index (χ1v) is 9.00. The predicted octanol–water partition coefficient (Wildman–Crippen LogP) is 3.37. The summed E-state index contributed by atoms with van der Waals surface area (Å²) >= 11 is 3.57. The van der Waals surface area contributed by atoms with E-state index >= 15 is 0 Å². The molecule has 0 saturated carbocycles. The first-order valence-electron chi connectivity index (χ1n) is 8.21. The maximum absolute atomic E-state index is 4.81. The van der Waals surface area contributed by atoms with Crippen LogP contribution in [0.5, 0.6) is 0 Å². The van der Waals surface area contributed by atoms with Gasteiger partial charge in [0.2, 0.25) is 0 Å². The highest BCUT2D eigenvalue weighted by atomic mass is 79.9. The molecule has 1 aliphatic rings. The monoisotopic (exact) mass is 443 g/mol. The molecule has 4 aromatic rings.